The van der Waals surface area contributed by atoms with Crippen LogP contribution >= 0.6 is 0 Å². The van der Waals surface area contributed by atoms with Crippen LogP contribution in [0.4, 0.5) is 4.39 Å². The van der Waals surface area contributed by atoms with Crippen LogP contribution in [0.2, 0.25) is 0 Å². The first kappa shape index (κ1) is 16.7. The zero-order chi connectivity index (χ0) is 16.2. The van der Waals surface area contributed by atoms with Gasteiger partial charge in [-0.25, -0.2) is 12.8 Å². The summed E-state index contributed by atoms with van der Waals surface area (Å²) in [6, 6.07) is 5.07. The molecule has 0 spiro atoms. The van der Waals surface area contributed by atoms with E-state index in [4.69, 9.17) is 4.74 Å². The number of benzene rings is 1. The van der Waals surface area contributed by atoms with E-state index in [0.717, 1.165) is 6.26 Å². The van der Waals surface area contributed by atoms with Crippen molar-refractivity contribution >= 4 is 15.9 Å². The molecular formula is C14H19FN2O4S. The van der Waals surface area contributed by atoms with E-state index in [1.807, 2.05) is 0 Å². The van der Waals surface area contributed by atoms with Crippen molar-refractivity contribution in [3.05, 3.63) is 30.1 Å². The minimum absolute atomic E-state index is 0.181. The molecule has 1 aliphatic heterocycles. The number of nitrogens with one attached hydrogen (secondary N) is 1. The Kier molecular flexibility index (Phi) is 5.36. The monoisotopic (exact) mass is 330 g/mol. The lowest BCUT2D eigenvalue weighted by atomic mass is 10.2. The van der Waals surface area contributed by atoms with E-state index in [2.05, 4.69) is 5.32 Å². The molecule has 1 unspecified atom stereocenters. The van der Waals surface area contributed by atoms with Crippen LogP contribution in [-0.4, -0.2) is 50.6 Å². The van der Waals surface area contributed by atoms with Gasteiger partial charge in [0.1, 0.15) is 24.2 Å². The second-order valence-electron chi connectivity index (χ2n) is 5.13. The van der Waals surface area contributed by atoms with Crippen molar-refractivity contribution in [1.82, 2.24) is 9.62 Å². The number of ether oxygens (including phenoxy) is 1. The highest BCUT2D eigenvalue weighted by molar-refractivity contribution is 7.88. The Morgan fingerprint density at radius 2 is 2.27 bits per heavy atom. The summed E-state index contributed by atoms with van der Waals surface area (Å²) < 4.78 is 42.6. The average molecular weight is 330 g/mol. The molecule has 6 nitrogen and oxygen atoms in total. The number of sulfonamides is 1. The van der Waals surface area contributed by atoms with E-state index in [0.29, 0.717) is 25.1 Å². The Morgan fingerprint density at radius 1 is 1.50 bits per heavy atom. The molecule has 1 aromatic carbocycles. The molecule has 1 fully saturated rings. The highest BCUT2D eigenvalue weighted by Crippen LogP contribution is 2.20. The van der Waals surface area contributed by atoms with Crippen molar-refractivity contribution in [2.24, 2.45) is 0 Å². The summed E-state index contributed by atoms with van der Waals surface area (Å²) in [7, 11) is -3.38. The topological polar surface area (TPSA) is 75.7 Å². The van der Waals surface area contributed by atoms with Gasteiger partial charge in [-0.3, -0.25) is 4.79 Å². The third kappa shape index (κ3) is 4.41. The molecule has 1 atom stereocenters. The molecule has 0 saturated carbocycles. The number of hydrogen-bond acceptors (Lipinski definition) is 4. The van der Waals surface area contributed by atoms with E-state index in [1.165, 1.54) is 22.5 Å². The van der Waals surface area contributed by atoms with Crippen LogP contribution in [0, 0.1) is 5.82 Å². The largest absolute Gasteiger partial charge is 0.492 e. The van der Waals surface area contributed by atoms with Crippen LogP contribution in [0.15, 0.2) is 24.3 Å². The number of carbonyl (C=O) groups is 1. The maximum atomic E-state index is 13.0. The van der Waals surface area contributed by atoms with Gasteiger partial charge in [0.15, 0.2) is 0 Å². The quantitative estimate of drug-likeness (QED) is 0.781. The van der Waals surface area contributed by atoms with Crippen LogP contribution in [0.5, 0.6) is 5.75 Å². The van der Waals surface area contributed by atoms with Crippen molar-refractivity contribution in [2.75, 3.05) is 26.0 Å². The van der Waals surface area contributed by atoms with Crippen molar-refractivity contribution < 1.29 is 22.3 Å². The minimum Gasteiger partial charge on any atom is -0.492 e. The number of amides is 1. The number of carbonyl (C=O) groups excluding carboxylic acids is 1. The van der Waals surface area contributed by atoms with Crippen LogP contribution in [0.1, 0.15) is 12.8 Å². The molecule has 8 heteroatoms. The molecule has 0 radical (unpaired) electrons. The van der Waals surface area contributed by atoms with E-state index in [-0.39, 0.29) is 19.1 Å². The van der Waals surface area contributed by atoms with Crippen LogP contribution in [0.3, 0.4) is 0 Å². The summed E-state index contributed by atoms with van der Waals surface area (Å²) in [4.78, 5) is 12.0. The van der Waals surface area contributed by atoms with Gasteiger partial charge < -0.3 is 10.1 Å². The third-order valence-electron chi connectivity index (χ3n) is 3.40. The molecule has 1 heterocycles. The molecule has 1 aromatic rings. The predicted molar refractivity (Wildman–Crippen MR) is 79.5 cm³/mol. The van der Waals surface area contributed by atoms with Gasteiger partial charge in [0.2, 0.25) is 15.9 Å². The molecular weight excluding hydrogens is 311 g/mol. The SMILES string of the molecule is CS(=O)(=O)N1CCCC1C(=O)NCCOc1cccc(F)c1. The first-order valence-electron chi connectivity index (χ1n) is 7.01. The molecule has 1 aliphatic rings. The number of halogens is 1. The maximum Gasteiger partial charge on any atom is 0.238 e. The summed E-state index contributed by atoms with van der Waals surface area (Å²) in [6.07, 6.45) is 2.29. The molecule has 1 saturated heterocycles. The van der Waals surface area contributed by atoms with Gasteiger partial charge in [-0.1, -0.05) is 6.07 Å². The van der Waals surface area contributed by atoms with Crippen molar-refractivity contribution in [2.45, 2.75) is 18.9 Å². The number of rotatable bonds is 6. The molecule has 122 valence electrons. The molecule has 1 N–H and O–H groups in total. The zero-order valence-corrected chi connectivity index (χ0v) is 13.1. The van der Waals surface area contributed by atoms with Crippen LogP contribution in [-0.2, 0) is 14.8 Å². The average Bonchev–Trinajstić information content (AvgIpc) is 2.93. The standard InChI is InChI=1S/C14H19FN2O4S/c1-22(19,20)17-8-3-6-13(17)14(18)16-7-9-21-12-5-2-4-11(15)10-12/h2,4-5,10,13H,3,6-9H2,1H3,(H,16,18). The highest BCUT2D eigenvalue weighted by atomic mass is 32.2. The Labute approximate surface area is 129 Å². The lowest BCUT2D eigenvalue weighted by Gasteiger charge is -2.21. The summed E-state index contributed by atoms with van der Waals surface area (Å²) in [6.45, 7) is 0.779. The predicted octanol–water partition coefficient (Wildman–Crippen LogP) is 0.745. The summed E-state index contributed by atoms with van der Waals surface area (Å²) in [5.74, 6) is -0.338. The molecule has 0 aromatic heterocycles. The Morgan fingerprint density at radius 3 is 2.95 bits per heavy atom. The van der Waals surface area contributed by atoms with Gasteiger partial charge in [-0.15, -0.1) is 0 Å². The third-order valence-corrected chi connectivity index (χ3v) is 4.69. The van der Waals surface area contributed by atoms with Crippen molar-refractivity contribution in [3.8, 4) is 5.75 Å². The lowest BCUT2D eigenvalue weighted by molar-refractivity contribution is -0.124. The normalized spacial score (nSPS) is 19.1. The molecule has 1 amide bonds. The van der Waals surface area contributed by atoms with E-state index in [1.54, 1.807) is 6.07 Å². The molecule has 2 rings (SSSR count). The van der Waals surface area contributed by atoms with E-state index >= 15 is 0 Å². The van der Waals surface area contributed by atoms with Gasteiger partial charge in [0, 0.05) is 12.6 Å². The lowest BCUT2D eigenvalue weighted by Crippen LogP contribution is -2.46. The first-order valence-corrected chi connectivity index (χ1v) is 8.85. The van der Waals surface area contributed by atoms with Gasteiger partial charge in [-0.05, 0) is 25.0 Å². The van der Waals surface area contributed by atoms with Crippen LogP contribution in [0.25, 0.3) is 0 Å². The minimum atomic E-state index is -3.38. The first-order chi connectivity index (χ1) is 10.4. The van der Waals surface area contributed by atoms with E-state index in [9.17, 15) is 17.6 Å². The number of hydrogen-bond donors (Lipinski definition) is 1. The summed E-state index contributed by atoms with van der Waals surface area (Å²) >= 11 is 0. The molecule has 22 heavy (non-hydrogen) atoms. The Hall–Kier alpha value is -1.67. The maximum absolute atomic E-state index is 13.0. The van der Waals surface area contributed by atoms with Gasteiger partial charge in [-0.2, -0.15) is 4.31 Å². The van der Waals surface area contributed by atoms with Crippen LogP contribution < -0.4 is 10.1 Å². The second-order valence-corrected chi connectivity index (χ2v) is 7.06. The Balaban J connectivity index is 1.78. The van der Waals surface area contributed by atoms with Gasteiger partial charge in [0.05, 0.1) is 12.8 Å². The van der Waals surface area contributed by atoms with Crippen molar-refractivity contribution in [3.63, 3.8) is 0 Å². The van der Waals surface area contributed by atoms with Gasteiger partial charge in [0.25, 0.3) is 0 Å². The zero-order valence-electron chi connectivity index (χ0n) is 12.3. The fraction of sp³-hybridized carbons (Fsp3) is 0.500. The molecule has 0 bridgehead atoms. The van der Waals surface area contributed by atoms with Gasteiger partial charge >= 0.3 is 0 Å². The number of nitrogens with zero attached hydrogens (tertiary/aromatic N) is 1. The Bertz CT molecular complexity index is 635. The van der Waals surface area contributed by atoms with E-state index < -0.39 is 21.9 Å². The second kappa shape index (κ2) is 7.06. The highest BCUT2D eigenvalue weighted by Gasteiger charge is 2.36. The fourth-order valence-electron chi connectivity index (χ4n) is 2.42. The van der Waals surface area contributed by atoms with Crippen molar-refractivity contribution in [1.29, 1.82) is 0 Å². The smallest absolute Gasteiger partial charge is 0.238 e. The fourth-order valence-corrected chi connectivity index (χ4v) is 3.54. The summed E-state index contributed by atoms with van der Waals surface area (Å²) in [5, 5.41) is 2.65. The molecule has 0 aliphatic carbocycles. The summed E-state index contributed by atoms with van der Waals surface area (Å²) in [5.41, 5.74) is 0.